The zero-order valence-corrected chi connectivity index (χ0v) is 12.5. The van der Waals surface area contributed by atoms with Crippen LogP contribution in [0, 0.1) is 17.2 Å². The lowest BCUT2D eigenvalue weighted by molar-refractivity contribution is -0.138. The minimum absolute atomic E-state index is 0.124. The Balaban J connectivity index is 2.26. The Morgan fingerprint density at radius 2 is 1.95 bits per heavy atom. The van der Waals surface area contributed by atoms with Crippen LogP contribution < -0.4 is 0 Å². The van der Waals surface area contributed by atoms with E-state index in [1.165, 1.54) is 17.0 Å². The first-order chi connectivity index (χ1) is 9.82. The topological polar surface area (TPSA) is 44.1 Å². The van der Waals surface area contributed by atoms with Crippen LogP contribution in [0.3, 0.4) is 0 Å². The number of alkyl halides is 3. The monoisotopic (exact) mass is 360 g/mol. The minimum Gasteiger partial charge on any atom is -0.339 e. The van der Waals surface area contributed by atoms with Crippen molar-refractivity contribution in [2.24, 2.45) is 5.92 Å². The van der Waals surface area contributed by atoms with Crippen LogP contribution in [0.2, 0.25) is 0 Å². The molecule has 0 atom stereocenters. The lowest BCUT2D eigenvalue weighted by atomic mass is 9.97. The van der Waals surface area contributed by atoms with Gasteiger partial charge in [0.05, 0.1) is 17.2 Å². The summed E-state index contributed by atoms with van der Waals surface area (Å²) in [7, 11) is 0. The molecule has 1 saturated heterocycles. The second kappa shape index (κ2) is 6.06. The van der Waals surface area contributed by atoms with E-state index in [1.54, 1.807) is 0 Å². The number of amides is 1. The van der Waals surface area contributed by atoms with Crippen LogP contribution in [0.1, 0.15) is 28.8 Å². The molecule has 7 heteroatoms. The van der Waals surface area contributed by atoms with Crippen molar-refractivity contribution in [2.75, 3.05) is 13.1 Å². The number of halogens is 4. The Labute approximate surface area is 128 Å². The fourth-order valence-corrected chi connectivity index (χ4v) is 2.68. The van der Waals surface area contributed by atoms with Crippen molar-refractivity contribution in [3.63, 3.8) is 0 Å². The van der Waals surface area contributed by atoms with Gasteiger partial charge in [-0.2, -0.15) is 18.4 Å². The number of rotatable bonds is 1. The van der Waals surface area contributed by atoms with Crippen molar-refractivity contribution in [1.29, 1.82) is 5.26 Å². The second-order valence-corrected chi connectivity index (χ2v) is 5.80. The summed E-state index contributed by atoms with van der Waals surface area (Å²) in [6.07, 6.45) is -3.58. The van der Waals surface area contributed by atoms with Crippen molar-refractivity contribution < 1.29 is 18.0 Å². The first kappa shape index (κ1) is 15.8. The van der Waals surface area contributed by atoms with Crippen LogP contribution in [0.4, 0.5) is 13.2 Å². The summed E-state index contributed by atoms with van der Waals surface area (Å²) in [5.74, 6) is -0.757. The maximum absolute atomic E-state index is 13.0. The van der Waals surface area contributed by atoms with Gasteiger partial charge in [-0.05, 0) is 31.0 Å². The van der Waals surface area contributed by atoms with E-state index in [1.807, 2.05) is 0 Å². The van der Waals surface area contributed by atoms with Crippen LogP contribution >= 0.6 is 15.9 Å². The minimum atomic E-state index is -4.58. The molecule has 1 fully saturated rings. The van der Waals surface area contributed by atoms with Crippen molar-refractivity contribution in [2.45, 2.75) is 19.0 Å². The standard InChI is InChI=1S/C14H12BrF3N2O/c15-10-1-2-11(12(7-10)14(16,17)18)13(21)20-5-3-9(8-19)4-6-20/h1-2,7,9H,3-6H2. The van der Waals surface area contributed by atoms with E-state index in [9.17, 15) is 18.0 Å². The summed E-state index contributed by atoms with van der Waals surface area (Å²) in [5.41, 5.74) is -1.29. The molecule has 0 bridgehead atoms. The SMILES string of the molecule is N#CC1CCN(C(=O)c2ccc(Br)cc2C(F)(F)F)CC1. The van der Waals surface area contributed by atoms with E-state index >= 15 is 0 Å². The fraction of sp³-hybridized carbons (Fsp3) is 0.429. The lowest BCUT2D eigenvalue weighted by Gasteiger charge is -2.30. The highest BCUT2D eigenvalue weighted by molar-refractivity contribution is 9.10. The molecule has 0 aromatic heterocycles. The summed E-state index contributed by atoms with van der Waals surface area (Å²) >= 11 is 2.99. The number of carbonyl (C=O) groups is 1. The molecular formula is C14H12BrF3N2O. The second-order valence-electron chi connectivity index (χ2n) is 4.88. The molecule has 3 nitrogen and oxygen atoms in total. The van der Waals surface area contributed by atoms with Crippen molar-refractivity contribution in [3.8, 4) is 6.07 Å². The molecule has 1 aromatic rings. The lowest BCUT2D eigenvalue weighted by Crippen LogP contribution is -2.39. The first-order valence-corrected chi connectivity index (χ1v) is 7.18. The maximum Gasteiger partial charge on any atom is 0.417 e. The number of piperidine rings is 1. The maximum atomic E-state index is 13.0. The van der Waals surface area contributed by atoms with E-state index in [2.05, 4.69) is 22.0 Å². The molecule has 1 aliphatic rings. The summed E-state index contributed by atoms with van der Waals surface area (Å²) < 4.78 is 39.4. The molecule has 0 radical (unpaired) electrons. The molecule has 1 amide bonds. The van der Waals surface area contributed by atoms with Gasteiger partial charge in [-0.3, -0.25) is 4.79 Å². The van der Waals surface area contributed by atoms with Gasteiger partial charge in [-0.1, -0.05) is 15.9 Å². The van der Waals surface area contributed by atoms with Gasteiger partial charge in [0.25, 0.3) is 5.91 Å². The molecule has 1 aliphatic heterocycles. The molecule has 1 heterocycles. The van der Waals surface area contributed by atoms with Crippen LogP contribution in [0.15, 0.2) is 22.7 Å². The molecule has 0 spiro atoms. The van der Waals surface area contributed by atoms with Gasteiger partial charge in [0.15, 0.2) is 0 Å². The quantitative estimate of drug-likeness (QED) is 0.763. The highest BCUT2D eigenvalue weighted by Gasteiger charge is 2.37. The van der Waals surface area contributed by atoms with Crippen LogP contribution in [-0.2, 0) is 6.18 Å². The third-order valence-corrected chi connectivity index (χ3v) is 3.98. The van der Waals surface area contributed by atoms with E-state index in [-0.39, 0.29) is 16.0 Å². The molecule has 0 N–H and O–H groups in total. The predicted octanol–water partition coefficient (Wildman–Crippen LogP) is 3.84. The Hall–Kier alpha value is -1.55. The smallest absolute Gasteiger partial charge is 0.339 e. The third-order valence-electron chi connectivity index (χ3n) is 3.48. The summed E-state index contributed by atoms with van der Waals surface area (Å²) in [4.78, 5) is 13.7. The molecule has 0 aliphatic carbocycles. The molecular weight excluding hydrogens is 349 g/mol. The summed E-state index contributed by atoms with van der Waals surface area (Å²) in [6, 6.07) is 5.64. The van der Waals surface area contributed by atoms with Crippen molar-refractivity contribution >= 4 is 21.8 Å². The van der Waals surface area contributed by atoms with Crippen molar-refractivity contribution in [3.05, 3.63) is 33.8 Å². The number of likely N-dealkylation sites (tertiary alicyclic amines) is 1. The molecule has 1 aromatic carbocycles. The molecule has 21 heavy (non-hydrogen) atoms. The molecule has 0 saturated carbocycles. The Kier molecular flexibility index (Phi) is 4.57. The van der Waals surface area contributed by atoms with E-state index in [4.69, 9.17) is 5.26 Å². The zero-order valence-electron chi connectivity index (χ0n) is 11.0. The van der Waals surface area contributed by atoms with Gasteiger partial charge in [0.1, 0.15) is 0 Å². The summed E-state index contributed by atoms with van der Waals surface area (Å²) in [6.45, 7) is 0.620. The average molecular weight is 361 g/mol. The Morgan fingerprint density at radius 1 is 1.33 bits per heavy atom. The first-order valence-electron chi connectivity index (χ1n) is 6.38. The Morgan fingerprint density at radius 3 is 2.48 bits per heavy atom. The number of benzene rings is 1. The third kappa shape index (κ3) is 3.56. The average Bonchev–Trinajstić information content (AvgIpc) is 2.45. The van der Waals surface area contributed by atoms with Crippen LogP contribution in [0.25, 0.3) is 0 Å². The highest BCUT2D eigenvalue weighted by atomic mass is 79.9. The number of nitriles is 1. The van der Waals surface area contributed by atoms with Gasteiger partial charge < -0.3 is 4.90 Å². The van der Waals surface area contributed by atoms with Gasteiger partial charge in [0.2, 0.25) is 0 Å². The number of hydrogen-bond donors (Lipinski definition) is 0. The fourth-order valence-electron chi connectivity index (χ4n) is 2.32. The van der Waals surface area contributed by atoms with Crippen LogP contribution in [-0.4, -0.2) is 23.9 Å². The predicted molar refractivity (Wildman–Crippen MR) is 73.4 cm³/mol. The van der Waals surface area contributed by atoms with E-state index < -0.39 is 17.6 Å². The van der Waals surface area contributed by atoms with E-state index in [0.29, 0.717) is 25.9 Å². The largest absolute Gasteiger partial charge is 0.417 e. The number of hydrogen-bond acceptors (Lipinski definition) is 2. The molecule has 0 unspecified atom stereocenters. The number of nitrogens with zero attached hydrogens (tertiary/aromatic N) is 2. The highest BCUT2D eigenvalue weighted by Crippen LogP contribution is 2.34. The van der Waals surface area contributed by atoms with Gasteiger partial charge >= 0.3 is 6.18 Å². The van der Waals surface area contributed by atoms with Crippen LogP contribution in [0.5, 0.6) is 0 Å². The molecule has 112 valence electrons. The van der Waals surface area contributed by atoms with Crippen molar-refractivity contribution in [1.82, 2.24) is 4.90 Å². The van der Waals surface area contributed by atoms with E-state index in [0.717, 1.165) is 6.07 Å². The summed E-state index contributed by atoms with van der Waals surface area (Å²) in [5, 5.41) is 8.81. The zero-order chi connectivity index (χ0) is 15.6. The van der Waals surface area contributed by atoms with Gasteiger partial charge in [0, 0.05) is 23.5 Å². The Bertz CT molecular complexity index is 587. The normalized spacial score (nSPS) is 16.6. The number of carbonyl (C=O) groups excluding carboxylic acids is 1. The van der Waals surface area contributed by atoms with Gasteiger partial charge in [-0.25, -0.2) is 0 Å². The molecule has 2 rings (SSSR count). The van der Waals surface area contributed by atoms with Gasteiger partial charge in [-0.15, -0.1) is 0 Å².